The summed E-state index contributed by atoms with van der Waals surface area (Å²) >= 11 is 5.59. The standard InChI is InChI=1S/C16H29NO5.C12H6ClF5N2O.C12H7F5N2O2.C7H7F3N2O.B4/c1-8-10-11(18)9-17(14(20)22-16(5,6)7)12(10)13(19)21-15(2,3)4;1-2-11(14,15)9-10(13)20-8-5-6(21-12(16,17)18)3-4-7(8)19-9;1-2-11(13,14)9-10(20)19-8-5-6(21-12(15,16)17)3-4-7(8)18-9;8-7(9,10)13-4-1-2-5(11)6(12)3-4;1-4(2)3/h10-12,18H,8-9H2,1-7H3;2-5H,1H2;2-5H,1H2,(H,19,20);1-3H,11-12H2;/t10-,11+,12+;;;;/m1..../s1. The Morgan fingerprint density at radius 1 is 0.704 bits per heavy atom. The van der Waals surface area contributed by atoms with Gasteiger partial charge in [0.15, 0.2) is 16.5 Å². The molecule has 5 aromatic rings. The van der Waals surface area contributed by atoms with E-state index in [0.717, 1.165) is 48.5 Å². The number of amides is 1. The lowest BCUT2D eigenvalue weighted by molar-refractivity contribution is -0.275. The van der Waals surface area contributed by atoms with Crippen LogP contribution in [0.3, 0.4) is 0 Å². The molecule has 3 aromatic carbocycles. The number of hydrogen-bond acceptors (Lipinski definition) is 14. The van der Waals surface area contributed by atoms with Crippen LogP contribution in [0.25, 0.3) is 22.1 Å². The minimum atomic E-state index is -4.91. The third-order valence-corrected chi connectivity index (χ3v) is 9.79. The van der Waals surface area contributed by atoms with Crippen LogP contribution >= 0.6 is 11.6 Å². The summed E-state index contributed by atoms with van der Waals surface area (Å²) in [6.45, 7) is 18.4. The first-order chi connectivity index (χ1) is 36.7. The Morgan fingerprint density at radius 3 is 1.58 bits per heavy atom. The number of alkyl halides is 13. The number of hydrogen-bond donors (Lipinski definition) is 4. The first-order valence-electron chi connectivity index (χ1n) is 22.9. The molecule has 16 nitrogen and oxygen atoms in total. The lowest BCUT2D eigenvalue weighted by Gasteiger charge is -2.31. The van der Waals surface area contributed by atoms with Gasteiger partial charge in [-0.05, 0) is 96.5 Å². The number of rotatable bonds is 9. The maximum absolute atomic E-state index is 13.5. The number of anilines is 2. The molecule has 0 bridgehead atoms. The van der Waals surface area contributed by atoms with Gasteiger partial charge in [0, 0.05) is 53.7 Å². The molecule has 6 rings (SSSR count). The molecule has 81 heavy (non-hydrogen) atoms. The second kappa shape index (κ2) is 27.6. The molecule has 1 aliphatic heterocycles. The number of nitrogens with one attached hydrogen (secondary N) is 1. The van der Waals surface area contributed by atoms with E-state index < -0.39 is 106 Å². The van der Waals surface area contributed by atoms with Crippen molar-refractivity contribution in [3.8, 4) is 17.2 Å². The molecule has 0 aliphatic carbocycles. The van der Waals surface area contributed by atoms with Gasteiger partial charge < -0.3 is 45.2 Å². The maximum Gasteiger partial charge on any atom is 0.573 e. The van der Waals surface area contributed by atoms with Crippen molar-refractivity contribution in [3.05, 3.63) is 107 Å². The minimum absolute atomic E-state index is 0.0505. The van der Waals surface area contributed by atoms with E-state index in [-0.39, 0.29) is 57.7 Å². The lowest BCUT2D eigenvalue weighted by Crippen LogP contribution is -2.47. The molecule has 3 heterocycles. The summed E-state index contributed by atoms with van der Waals surface area (Å²) in [5.74, 6) is -9.52. The Hall–Kier alpha value is -7.04. The number of nitrogen functional groups attached to an aromatic ring is 2. The normalized spacial score (nSPS) is 15.6. The summed E-state index contributed by atoms with van der Waals surface area (Å²) < 4.78 is 183. The van der Waals surface area contributed by atoms with Gasteiger partial charge in [0.05, 0.1) is 46.1 Å². The van der Waals surface area contributed by atoms with Crippen LogP contribution in [0, 0.1) is 5.92 Å². The number of esters is 1. The summed E-state index contributed by atoms with van der Waals surface area (Å²) in [7, 11) is 14.0. The van der Waals surface area contributed by atoms with E-state index in [1.54, 1.807) is 41.5 Å². The predicted molar refractivity (Wildman–Crippen MR) is 276 cm³/mol. The molecule has 436 valence electrons. The summed E-state index contributed by atoms with van der Waals surface area (Å²) in [5.41, 5.74) is 5.95. The number of H-pyrrole nitrogens is 1. The van der Waals surface area contributed by atoms with Gasteiger partial charge in [-0.15, -0.1) is 39.5 Å². The number of halogens is 14. The van der Waals surface area contributed by atoms with Crippen LogP contribution in [-0.4, -0.2) is 121 Å². The molecular weight excluding hydrogens is 1130 g/mol. The summed E-state index contributed by atoms with van der Waals surface area (Å²) in [6.07, 6.45) is -15.3. The zero-order chi connectivity index (χ0) is 62.6. The quantitative estimate of drug-likeness (QED) is 0.0354. The fraction of sp³-hybridized carbons (Fsp3) is 0.404. The molecule has 6 N–H and O–H groups in total. The van der Waals surface area contributed by atoms with Gasteiger partial charge in [-0.1, -0.05) is 31.7 Å². The van der Waals surface area contributed by atoms with Crippen molar-refractivity contribution in [1.82, 2.24) is 24.8 Å². The first-order valence-corrected chi connectivity index (χ1v) is 23.2. The Bertz CT molecular complexity index is 3040. The Balaban J connectivity index is 0.000000365. The lowest BCUT2D eigenvalue weighted by atomic mass is 9.08. The van der Waals surface area contributed by atoms with E-state index in [1.807, 2.05) is 11.9 Å². The van der Waals surface area contributed by atoms with Gasteiger partial charge in [-0.2, -0.15) is 17.6 Å². The number of aliphatic hydroxyl groups excluding tert-OH is 1. The topological polar surface area (TPSA) is 227 Å². The van der Waals surface area contributed by atoms with E-state index in [0.29, 0.717) is 12.5 Å². The molecular formula is C47H49B4ClF13N7O9. The van der Waals surface area contributed by atoms with Crippen LogP contribution < -0.4 is 31.2 Å². The van der Waals surface area contributed by atoms with Crippen molar-refractivity contribution in [2.75, 3.05) is 18.0 Å². The number of β-amino-alcohol motifs (C(OH)–C–C–N with tert-alkyl or cyclic N) is 1. The number of fused-ring (bicyclic) bond motifs is 2. The Kier molecular flexibility index (Phi) is 23.9. The van der Waals surface area contributed by atoms with Crippen molar-refractivity contribution < 1.29 is 95.5 Å². The third-order valence-electron chi connectivity index (χ3n) is 9.53. The number of allylic oxidation sites excluding steroid dienone is 2. The molecule has 0 saturated carbocycles. The summed E-state index contributed by atoms with van der Waals surface area (Å²) in [6, 6.07) is 8.22. The second-order valence-corrected chi connectivity index (χ2v) is 18.9. The number of benzene rings is 3. The number of carbonyl (C=O) groups is 2. The molecule has 3 atom stereocenters. The van der Waals surface area contributed by atoms with E-state index >= 15 is 0 Å². The van der Waals surface area contributed by atoms with Crippen molar-refractivity contribution in [3.63, 3.8) is 0 Å². The average Bonchev–Trinajstić information content (AvgIpc) is 3.68. The Morgan fingerprint density at radius 2 is 1.14 bits per heavy atom. The van der Waals surface area contributed by atoms with Gasteiger partial charge in [-0.25, -0.2) is 24.5 Å². The number of likely N-dealkylation sites (tertiary alicyclic amines) is 1. The highest BCUT2D eigenvalue weighted by atomic mass is 35.5. The number of ether oxygens (including phenoxy) is 5. The van der Waals surface area contributed by atoms with Gasteiger partial charge in [0.25, 0.3) is 5.56 Å². The van der Waals surface area contributed by atoms with E-state index in [2.05, 4.69) is 65.5 Å². The Labute approximate surface area is 463 Å². The van der Waals surface area contributed by atoms with Crippen molar-refractivity contribution in [2.24, 2.45) is 5.92 Å². The molecule has 2 aromatic heterocycles. The molecule has 1 aliphatic rings. The first kappa shape index (κ1) is 70.1. The van der Waals surface area contributed by atoms with Gasteiger partial charge >= 0.3 is 43.0 Å². The monoisotopic (exact) mass is 1180 g/mol. The zero-order valence-corrected chi connectivity index (χ0v) is 44.4. The van der Waals surface area contributed by atoms with Gasteiger partial charge in [-0.3, -0.25) is 9.69 Å². The van der Waals surface area contributed by atoms with Crippen molar-refractivity contribution in [1.29, 1.82) is 0 Å². The third kappa shape index (κ3) is 23.5. The molecule has 0 spiro atoms. The largest absolute Gasteiger partial charge is 0.573 e. The van der Waals surface area contributed by atoms with Crippen LogP contribution in [-0.2, 0) is 26.1 Å². The maximum atomic E-state index is 13.5. The minimum Gasteiger partial charge on any atom is -0.458 e. The van der Waals surface area contributed by atoms with E-state index in [4.69, 9.17) is 32.5 Å². The predicted octanol–water partition coefficient (Wildman–Crippen LogP) is 10.1. The van der Waals surface area contributed by atoms with Crippen molar-refractivity contribution in [2.45, 2.75) is 109 Å². The number of aliphatic hydroxyl groups is 1. The summed E-state index contributed by atoms with van der Waals surface area (Å²) in [4.78, 5) is 50.3. The number of aromatic amines is 1. The van der Waals surface area contributed by atoms with Crippen LogP contribution in [0.15, 0.2) is 84.7 Å². The summed E-state index contributed by atoms with van der Waals surface area (Å²) in [5, 5.41) is 9.54. The number of nitrogens with two attached hydrogens (primary N) is 2. The van der Waals surface area contributed by atoms with Crippen LogP contribution in [0.1, 0.15) is 66.3 Å². The fourth-order valence-corrected chi connectivity index (χ4v) is 6.67. The van der Waals surface area contributed by atoms with Crippen LogP contribution in [0.5, 0.6) is 17.2 Å². The fourth-order valence-electron chi connectivity index (χ4n) is 6.41. The molecule has 6 radical (unpaired) electrons. The second-order valence-electron chi connectivity index (χ2n) is 18.5. The zero-order valence-electron chi connectivity index (χ0n) is 43.7. The molecule has 34 heteroatoms. The van der Waals surface area contributed by atoms with Crippen LogP contribution in [0.4, 0.5) is 73.2 Å². The van der Waals surface area contributed by atoms with Gasteiger partial charge in [0.2, 0.25) is 0 Å². The van der Waals surface area contributed by atoms with E-state index in [9.17, 15) is 76.6 Å². The van der Waals surface area contributed by atoms with E-state index in [1.165, 1.54) is 11.0 Å². The SMILES string of the molecule is C=CC(F)(F)c1nc2ccc(OC(F)(F)F)cc2[nH]c1=O.C=CC(F)(F)c1nc2ccc(OC(F)(F)F)cc2nc1Cl.CC[C@H]1[C@@H](C(=O)OC(C)(C)C)N(C(=O)OC(C)(C)C)C[C@@H]1O.Nc1ccc(OC(F)(F)F)cc1N.[B]B([B])[B]. The molecule has 1 saturated heterocycles. The highest BCUT2D eigenvalue weighted by Gasteiger charge is 2.49. The highest BCUT2D eigenvalue weighted by molar-refractivity contribution is 7.49. The molecule has 0 unspecified atom stereocenters. The number of carbonyl (C=O) groups excluding carboxylic acids is 2. The van der Waals surface area contributed by atoms with Crippen molar-refractivity contribution >= 4 is 86.7 Å². The highest BCUT2D eigenvalue weighted by Crippen LogP contribution is 2.36. The van der Waals surface area contributed by atoms with Crippen LogP contribution in [0.2, 0.25) is 5.15 Å². The molecule has 1 amide bonds. The molecule has 1 fully saturated rings. The average molecular weight is 1180 g/mol. The number of aromatic nitrogens is 4. The van der Waals surface area contributed by atoms with Gasteiger partial charge in [0.1, 0.15) is 34.5 Å². The smallest absolute Gasteiger partial charge is 0.458 e. The number of nitrogens with zero attached hydrogens (tertiary/aromatic N) is 4.